The van der Waals surface area contributed by atoms with Crippen molar-refractivity contribution >= 4 is 17.5 Å². The predicted octanol–water partition coefficient (Wildman–Crippen LogP) is 3.07. The number of carbonyl (C=O) groups excluding carboxylic acids is 1. The zero-order valence-electron chi connectivity index (χ0n) is 11.4. The van der Waals surface area contributed by atoms with Crippen LogP contribution < -0.4 is 5.32 Å². The molecule has 0 bridgehead atoms. The molecule has 2 aromatic rings. The number of hydrogen-bond donors (Lipinski definition) is 1. The van der Waals surface area contributed by atoms with Crippen LogP contribution in [0.15, 0.2) is 36.5 Å². The highest BCUT2D eigenvalue weighted by molar-refractivity contribution is 6.28. The van der Waals surface area contributed by atoms with E-state index in [9.17, 15) is 13.6 Å². The van der Waals surface area contributed by atoms with Crippen LogP contribution in [0.2, 0.25) is 5.28 Å². The fourth-order valence-corrected chi connectivity index (χ4v) is 2.25. The average molecular weight is 324 g/mol. The molecule has 114 valence electrons. The third-order valence-corrected chi connectivity index (χ3v) is 3.67. The monoisotopic (exact) mass is 323 g/mol. The summed E-state index contributed by atoms with van der Waals surface area (Å²) in [4.78, 5) is 19.4. The molecule has 1 aliphatic carbocycles. The second-order valence-electron chi connectivity index (χ2n) is 5.14. The third-order valence-electron chi connectivity index (χ3n) is 3.49. The van der Waals surface area contributed by atoms with Crippen LogP contribution in [0.4, 0.5) is 8.78 Å². The number of nitrogens with one attached hydrogen (secondary N) is 1. The van der Waals surface area contributed by atoms with Crippen molar-refractivity contribution in [2.75, 3.05) is 0 Å². The van der Waals surface area contributed by atoms with Crippen molar-refractivity contribution in [3.8, 4) is 11.3 Å². The number of aromatic nitrogens is 2. The summed E-state index contributed by atoms with van der Waals surface area (Å²) in [6.45, 7) is 0.218. The van der Waals surface area contributed by atoms with Crippen molar-refractivity contribution in [3.63, 3.8) is 0 Å². The van der Waals surface area contributed by atoms with E-state index in [4.69, 9.17) is 11.6 Å². The van der Waals surface area contributed by atoms with Gasteiger partial charge in [-0.2, -0.15) is 0 Å². The van der Waals surface area contributed by atoms with E-state index in [1.165, 1.54) is 0 Å². The Hall–Kier alpha value is -2.08. The topological polar surface area (TPSA) is 54.9 Å². The van der Waals surface area contributed by atoms with E-state index in [1.54, 1.807) is 24.4 Å². The van der Waals surface area contributed by atoms with Gasteiger partial charge in [0.15, 0.2) is 0 Å². The van der Waals surface area contributed by atoms with Gasteiger partial charge in [-0.05, 0) is 23.2 Å². The molecule has 0 radical (unpaired) electrons. The lowest BCUT2D eigenvalue weighted by atomic mass is 10.1. The van der Waals surface area contributed by atoms with Crippen molar-refractivity contribution < 1.29 is 13.6 Å². The number of carbonyl (C=O) groups is 1. The van der Waals surface area contributed by atoms with Crippen molar-refractivity contribution in [2.24, 2.45) is 5.92 Å². The lowest BCUT2D eigenvalue weighted by Crippen LogP contribution is -2.26. The van der Waals surface area contributed by atoms with Crippen LogP contribution in [0.25, 0.3) is 11.3 Å². The summed E-state index contributed by atoms with van der Waals surface area (Å²) < 4.78 is 25.5. The summed E-state index contributed by atoms with van der Waals surface area (Å²) in [5.41, 5.74) is 2.36. The Morgan fingerprint density at radius 1 is 1.32 bits per heavy atom. The number of amides is 1. The summed E-state index contributed by atoms with van der Waals surface area (Å²) in [6, 6.07) is 8.99. The Morgan fingerprint density at radius 2 is 2.00 bits per heavy atom. The minimum atomic E-state index is -2.83. The molecular weight excluding hydrogens is 312 g/mol. The predicted molar refractivity (Wildman–Crippen MR) is 77.4 cm³/mol. The number of nitrogens with zero attached hydrogens (tertiary/aromatic N) is 2. The molecule has 1 aromatic carbocycles. The van der Waals surface area contributed by atoms with Crippen molar-refractivity contribution in [1.29, 1.82) is 0 Å². The molecule has 0 spiro atoms. The first-order valence-electron chi connectivity index (χ1n) is 6.69. The lowest BCUT2D eigenvalue weighted by Gasteiger charge is -2.06. The van der Waals surface area contributed by atoms with Crippen LogP contribution >= 0.6 is 11.6 Å². The van der Waals surface area contributed by atoms with Gasteiger partial charge in [-0.1, -0.05) is 24.3 Å². The Morgan fingerprint density at radius 3 is 2.59 bits per heavy atom. The first-order valence-corrected chi connectivity index (χ1v) is 7.07. The van der Waals surface area contributed by atoms with Gasteiger partial charge in [0.2, 0.25) is 11.2 Å². The Labute approximate surface area is 130 Å². The minimum Gasteiger partial charge on any atom is -0.352 e. The highest BCUT2D eigenvalue weighted by Crippen LogP contribution is 2.48. The van der Waals surface area contributed by atoms with Crippen molar-refractivity contribution in [3.05, 3.63) is 47.4 Å². The van der Waals surface area contributed by atoms with Crippen LogP contribution in [-0.2, 0) is 11.3 Å². The second-order valence-corrected chi connectivity index (χ2v) is 5.48. The summed E-state index contributed by atoms with van der Waals surface area (Å²) >= 11 is 5.74. The average Bonchev–Trinajstić information content (AvgIpc) is 3.14. The van der Waals surface area contributed by atoms with Gasteiger partial charge in [0.1, 0.15) is 5.92 Å². The molecule has 22 heavy (non-hydrogen) atoms. The van der Waals surface area contributed by atoms with Crippen molar-refractivity contribution in [2.45, 2.75) is 18.9 Å². The molecule has 3 rings (SSSR count). The summed E-state index contributed by atoms with van der Waals surface area (Å²) in [5.74, 6) is -4.60. The number of alkyl halides is 2. The fraction of sp³-hybridized carbons (Fsp3) is 0.267. The molecule has 0 aliphatic heterocycles. The van der Waals surface area contributed by atoms with Crippen LogP contribution in [0.5, 0.6) is 0 Å². The SMILES string of the molecule is O=C(NCc1ccc(-c2ccnc(Cl)n2)cc1)[C@@H]1CC1(F)F. The lowest BCUT2D eigenvalue weighted by molar-refractivity contribution is -0.124. The zero-order chi connectivity index (χ0) is 15.7. The molecule has 1 fully saturated rings. The van der Waals surface area contributed by atoms with Gasteiger partial charge >= 0.3 is 0 Å². The molecule has 0 unspecified atom stereocenters. The number of hydrogen-bond acceptors (Lipinski definition) is 3. The first kappa shape index (κ1) is 14.8. The number of halogens is 3. The van der Waals surface area contributed by atoms with E-state index in [-0.39, 0.29) is 18.2 Å². The molecular formula is C15H12ClF2N3O. The molecule has 1 saturated carbocycles. The van der Waals surface area contributed by atoms with E-state index in [0.29, 0.717) is 5.69 Å². The van der Waals surface area contributed by atoms with Gasteiger partial charge in [0, 0.05) is 24.7 Å². The van der Waals surface area contributed by atoms with Gasteiger partial charge in [-0.3, -0.25) is 4.79 Å². The normalized spacial score (nSPS) is 18.8. The molecule has 1 amide bonds. The molecule has 1 aromatic heterocycles. The molecule has 7 heteroatoms. The van der Waals surface area contributed by atoms with Crippen LogP contribution in [0.3, 0.4) is 0 Å². The highest BCUT2D eigenvalue weighted by Gasteiger charge is 2.61. The van der Waals surface area contributed by atoms with Gasteiger partial charge in [-0.15, -0.1) is 0 Å². The summed E-state index contributed by atoms with van der Waals surface area (Å²) in [7, 11) is 0. The van der Waals surface area contributed by atoms with Gasteiger partial charge in [-0.25, -0.2) is 18.7 Å². The molecule has 1 N–H and O–H groups in total. The Bertz CT molecular complexity index is 706. The van der Waals surface area contributed by atoms with E-state index in [1.807, 2.05) is 12.1 Å². The maximum Gasteiger partial charge on any atom is 0.260 e. The van der Waals surface area contributed by atoms with E-state index < -0.39 is 17.7 Å². The van der Waals surface area contributed by atoms with Gasteiger partial charge < -0.3 is 5.32 Å². The Balaban J connectivity index is 1.61. The van der Waals surface area contributed by atoms with Crippen LogP contribution in [0.1, 0.15) is 12.0 Å². The number of rotatable bonds is 4. The fourth-order valence-electron chi connectivity index (χ4n) is 2.10. The molecule has 1 aliphatic rings. The van der Waals surface area contributed by atoms with Crippen LogP contribution in [0, 0.1) is 5.92 Å². The zero-order valence-corrected chi connectivity index (χ0v) is 12.1. The van der Waals surface area contributed by atoms with E-state index in [0.717, 1.165) is 11.1 Å². The van der Waals surface area contributed by atoms with Crippen LogP contribution in [-0.4, -0.2) is 21.8 Å². The molecule has 0 saturated heterocycles. The Kier molecular flexibility index (Phi) is 3.78. The van der Waals surface area contributed by atoms with Crippen molar-refractivity contribution in [1.82, 2.24) is 15.3 Å². The van der Waals surface area contributed by atoms with Gasteiger partial charge in [0.05, 0.1) is 5.69 Å². The molecule has 4 nitrogen and oxygen atoms in total. The first-order chi connectivity index (χ1) is 10.5. The second kappa shape index (κ2) is 5.61. The maximum absolute atomic E-state index is 12.8. The summed E-state index contributed by atoms with van der Waals surface area (Å²) in [6.07, 6.45) is 1.21. The number of benzene rings is 1. The quantitative estimate of drug-likeness (QED) is 0.880. The summed E-state index contributed by atoms with van der Waals surface area (Å²) in [5, 5.41) is 2.69. The largest absolute Gasteiger partial charge is 0.352 e. The smallest absolute Gasteiger partial charge is 0.260 e. The van der Waals surface area contributed by atoms with Gasteiger partial charge in [0.25, 0.3) is 5.92 Å². The standard InChI is InChI=1S/C15H12ClF2N3O/c16-14-19-6-5-12(21-14)10-3-1-9(2-4-10)8-20-13(22)11-7-15(11,17)18/h1-6,11H,7-8H2,(H,20,22)/t11-/m0/s1. The molecule has 1 atom stereocenters. The highest BCUT2D eigenvalue weighted by atomic mass is 35.5. The van der Waals surface area contributed by atoms with E-state index >= 15 is 0 Å². The molecule has 1 heterocycles. The maximum atomic E-state index is 12.8. The minimum absolute atomic E-state index is 0.166. The third kappa shape index (κ3) is 3.22. The van der Waals surface area contributed by atoms with E-state index in [2.05, 4.69) is 15.3 Å².